The number of rotatable bonds is 10. The number of aliphatic hydroxyl groups is 1. The lowest BCUT2D eigenvalue weighted by Crippen LogP contribution is -2.53. The highest BCUT2D eigenvalue weighted by molar-refractivity contribution is 5.89. The first-order valence-corrected chi connectivity index (χ1v) is 15.7. The zero-order valence-electron chi connectivity index (χ0n) is 24.5. The summed E-state index contributed by atoms with van der Waals surface area (Å²) in [6.07, 6.45) is 7.90. The SMILES string of the molecule is CCc1ccc2c(c1)[C@@H](NC[C@@H](O)[C@H](Cc1cccc(C#N)c1)NC(=O)[C@H]1CC(=O)N(C3CCC3)C1)CC1(CCC1)O2. The smallest absolute Gasteiger partial charge is 0.225 e. The Balaban J connectivity index is 1.17. The van der Waals surface area contributed by atoms with Gasteiger partial charge in [0.25, 0.3) is 0 Å². The number of hydrogen-bond donors (Lipinski definition) is 3. The fourth-order valence-corrected chi connectivity index (χ4v) is 6.97. The number of likely N-dealkylation sites (tertiary alicyclic amines) is 1. The minimum absolute atomic E-state index is 0.0388. The summed E-state index contributed by atoms with van der Waals surface area (Å²) in [5, 5.41) is 27.7. The van der Waals surface area contributed by atoms with Crippen molar-refractivity contribution in [3.63, 3.8) is 0 Å². The van der Waals surface area contributed by atoms with Gasteiger partial charge in [-0.1, -0.05) is 31.2 Å². The van der Waals surface area contributed by atoms with E-state index >= 15 is 0 Å². The van der Waals surface area contributed by atoms with Crippen molar-refractivity contribution in [2.75, 3.05) is 13.1 Å². The lowest BCUT2D eigenvalue weighted by atomic mass is 9.72. The third-order valence-corrected chi connectivity index (χ3v) is 9.95. The Labute approximate surface area is 248 Å². The van der Waals surface area contributed by atoms with Crippen LogP contribution < -0.4 is 15.4 Å². The molecule has 8 heteroatoms. The van der Waals surface area contributed by atoms with Crippen molar-refractivity contribution >= 4 is 11.8 Å². The molecule has 0 unspecified atom stereocenters. The molecule has 0 radical (unpaired) electrons. The molecule has 0 bridgehead atoms. The maximum atomic E-state index is 13.5. The van der Waals surface area contributed by atoms with Gasteiger partial charge in [-0.3, -0.25) is 9.59 Å². The van der Waals surface area contributed by atoms with Crippen LogP contribution in [0.1, 0.15) is 86.6 Å². The minimum Gasteiger partial charge on any atom is -0.487 e. The highest BCUT2D eigenvalue weighted by atomic mass is 16.5. The molecule has 8 nitrogen and oxygen atoms in total. The number of fused-ring (bicyclic) bond motifs is 1. The van der Waals surface area contributed by atoms with E-state index in [1.807, 2.05) is 17.0 Å². The van der Waals surface area contributed by atoms with Crippen molar-refractivity contribution < 1.29 is 19.4 Å². The molecule has 2 saturated carbocycles. The predicted octanol–water partition coefficient (Wildman–Crippen LogP) is 3.95. The molecular weight excluding hydrogens is 528 g/mol. The van der Waals surface area contributed by atoms with E-state index in [0.29, 0.717) is 18.5 Å². The average Bonchev–Trinajstić information content (AvgIpc) is 3.34. The molecular formula is C34H42N4O4. The molecule has 2 amide bonds. The first-order valence-electron chi connectivity index (χ1n) is 15.7. The number of carbonyl (C=O) groups excluding carboxylic acids is 2. The molecule has 4 aliphatic rings. The number of carbonyl (C=O) groups is 2. The van der Waals surface area contributed by atoms with Gasteiger partial charge in [-0.15, -0.1) is 0 Å². The van der Waals surface area contributed by atoms with Gasteiger partial charge < -0.3 is 25.4 Å². The molecule has 3 fully saturated rings. The molecule has 2 aromatic carbocycles. The third kappa shape index (κ3) is 5.91. The van der Waals surface area contributed by atoms with Crippen LogP contribution in [0.4, 0.5) is 0 Å². The molecule has 1 saturated heterocycles. The predicted molar refractivity (Wildman–Crippen MR) is 159 cm³/mol. The molecule has 3 N–H and O–H groups in total. The number of hydrogen-bond acceptors (Lipinski definition) is 6. The molecule has 2 heterocycles. The third-order valence-electron chi connectivity index (χ3n) is 9.95. The van der Waals surface area contributed by atoms with Gasteiger partial charge >= 0.3 is 0 Å². The lowest BCUT2D eigenvalue weighted by Gasteiger charge is -2.48. The summed E-state index contributed by atoms with van der Waals surface area (Å²) in [4.78, 5) is 28.0. The van der Waals surface area contributed by atoms with Gasteiger partial charge in [0.15, 0.2) is 0 Å². The maximum Gasteiger partial charge on any atom is 0.225 e. The molecule has 2 aliphatic carbocycles. The summed E-state index contributed by atoms with van der Waals surface area (Å²) in [6.45, 7) is 2.88. The van der Waals surface area contributed by atoms with Crippen molar-refractivity contribution in [2.45, 2.75) is 101 Å². The van der Waals surface area contributed by atoms with Crippen LogP contribution in [0.5, 0.6) is 5.75 Å². The molecule has 2 aliphatic heterocycles. The Morgan fingerprint density at radius 3 is 2.71 bits per heavy atom. The molecule has 4 atom stereocenters. The monoisotopic (exact) mass is 570 g/mol. The van der Waals surface area contributed by atoms with Crippen molar-refractivity contribution in [1.82, 2.24) is 15.5 Å². The first kappa shape index (κ1) is 28.7. The summed E-state index contributed by atoms with van der Waals surface area (Å²) in [7, 11) is 0. The van der Waals surface area contributed by atoms with Crippen LogP contribution in [0.3, 0.4) is 0 Å². The van der Waals surface area contributed by atoms with Crippen LogP contribution in [0.15, 0.2) is 42.5 Å². The first-order chi connectivity index (χ1) is 20.4. The van der Waals surface area contributed by atoms with E-state index in [2.05, 4.69) is 41.8 Å². The van der Waals surface area contributed by atoms with E-state index in [9.17, 15) is 20.0 Å². The summed E-state index contributed by atoms with van der Waals surface area (Å²) >= 11 is 0. The molecule has 1 spiro atoms. The standard InChI is InChI=1S/C34H42N4O4/c1-2-22-10-11-31-27(15-22)29(18-34(42-31)12-5-13-34)36-20-30(39)28(16-23-6-3-7-24(14-23)19-35)37-33(41)25-17-32(40)38(21-25)26-8-4-9-26/h3,6-7,10-11,14-15,25-26,28-30,36,39H,2,4-5,8-9,12-13,16-18,20-21H2,1H3,(H,37,41)/t25-,28-,29-,30+/m0/s1. The Morgan fingerprint density at radius 2 is 2.02 bits per heavy atom. The van der Waals surface area contributed by atoms with Crippen molar-refractivity contribution in [3.8, 4) is 11.8 Å². The van der Waals surface area contributed by atoms with Crippen LogP contribution >= 0.6 is 0 Å². The minimum atomic E-state index is -0.877. The summed E-state index contributed by atoms with van der Waals surface area (Å²) in [5.74, 6) is 0.364. The molecule has 6 rings (SSSR count). The fourth-order valence-electron chi connectivity index (χ4n) is 6.97. The lowest BCUT2D eigenvalue weighted by molar-refractivity contribution is -0.131. The van der Waals surface area contributed by atoms with Crippen molar-refractivity contribution in [3.05, 3.63) is 64.7 Å². The topological polar surface area (TPSA) is 115 Å². The van der Waals surface area contributed by atoms with Gasteiger partial charge in [0, 0.05) is 43.6 Å². The Hall–Kier alpha value is -3.41. The van der Waals surface area contributed by atoms with Crippen LogP contribution in [0.25, 0.3) is 0 Å². The number of nitriles is 1. The van der Waals surface area contributed by atoms with E-state index in [-0.39, 0.29) is 42.5 Å². The fraction of sp³-hybridized carbons (Fsp3) is 0.559. The number of nitrogens with zero attached hydrogens (tertiary/aromatic N) is 2. The van der Waals surface area contributed by atoms with Gasteiger partial charge in [0.2, 0.25) is 11.8 Å². The second-order valence-corrected chi connectivity index (χ2v) is 12.8. The van der Waals surface area contributed by atoms with Crippen LogP contribution in [-0.2, 0) is 22.4 Å². The maximum absolute atomic E-state index is 13.5. The summed E-state index contributed by atoms with van der Waals surface area (Å²) in [6, 6.07) is 15.6. The molecule has 42 heavy (non-hydrogen) atoms. The van der Waals surface area contributed by atoms with Gasteiger partial charge in [-0.2, -0.15) is 5.26 Å². The number of aliphatic hydroxyl groups excluding tert-OH is 1. The Kier molecular flexibility index (Phi) is 8.24. The molecule has 222 valence electrons. The Bertz CT molecular complexity index is 1360. The summed E-state index contributed by atoms with van der Waals surface area (Å²) < 4.78 is 6.48. The van der Waals surface area contributed by atoms with Gasteiger partial charge in [-0.05, 0) is 80.7 Å². The largest absolute Gasteiger partial charge is 0.487 e. The quantitative estimate of drug-likeness (QED) is 0.399. The average molecular weight is 571 g/mol. The molecule has 0 aromatic heterocycles. The molecule has 2 aromatic rings. The zero-order chi connectivity index (χ0) is 29.3. The van der Waals surface area contributed by atoms with E-state index in [0.717, 1.165) is 68.2 Å². The number of amides is 2. The number of nitrogens with one attached hydrogen (secondary N) is 2. The summed E-state index contributed by atoms with van der Waals surface area (Å²) in [5.41, 5.74) is 3.64. The Morgan fingerprint density at radius 1 is 1.19 bits per heavy atom. The van der Waals surface area contributed by atoms with Crippen molar-refractivity contribution in [1.29, 1.82) is 5.26 Å². The highest BCUT2D eigenvalue weighted by Gasteiger charge is 2.46. The van der Waals surface area contributed by atoms with E-state index < -0.39 is 18.1 Å². The number of ether oxygens (including phenoxy) is 1. The van der Waals surface area contributed by atoms with Gasteiger partial charge in [0.1, 0.15) is 11.4 Å². The normalized spacial score (nSPS) is 24.1. The van der Waals surface area contributed by atoms with E-state index in [1.165, 1.54) is 5.56 Å². The van der Waals surface area contributed by atoms with Gasteiger partial charge in [0.05, 0.1) is 29.7 Å². The van der Waals surface area contributed by atoms with E-state index in [1.54, 1.807) is 12.1 Å². The zero-order valence-corrected chi connectivity index (χ0v) is 24.5. The van der Waals surface area contributed by atoms with Crippen LogP contribution in [0.2, 0.25) is 0 Å². The second kappa shape index (κ2) is 12.1. The van der Waals surface area contributed by atoms with Crippen LogP contribution in [0, 0.1) is 17.2 Å². The number of aryl methyl sites for hydroxylation is 1. The van der Waals surface area contributed by atoms with Gasteiger partial charge in [-0.25, -0.2) is 0 Å². The van der Waals surface area contributed by atoms with E-state index in [4.69, 9.17) is 4.74 Å². The number of benzene rings is 2. The van der Waals surface area contributed by atoms with Crippen molar-refractivity contribution in [2.24, 2.45) is 5.92 Å². The van der Waals surface area contributed by atoms with Crippen LogP contribution in [-0.4, -0.2) is 58.7 Å². The highest BCUT2D eigenvalue weighted by Crippen LogP contribution is 2.49. The second-order valence-electron chi connectivity index (χ2n) is 12.8.